The van der Waals surface area contributed by atoms with Gasteiger partial charge in [0.2, 0.25) is 10.0 Å². The number of piperidine rings is 1. The first-order valence-corrected chi connectivity index (χ1v) is 9.00. The van der Waals surface area contributed by atoms with Crippen molar-refractivity contribution in [2.45, 2.75) is 30.8 Å². The molecule has 0 aromatic heterocycles. The SMILES string of the molecule is O=S(=O)(NCCN1CCCCC1)c1ccc(CO)c(Cl)c1. The predicted octanol–water partition coefficient (Wildman–Crippen LogP) is 1.60. The molecule has 0 aliphatic carbocycles. The van der Waals surface area contributed by atoms with E-state index in [9.17, 15) is 8.42 Å². The van der Waals surface area contributed by atoms with E-state index < -0.39 is 10.0 Å². The Morgan fingerprint density at radius 2 is 1.95 bits per heavy atom. The van der Waals surface area contributed by atoms with Gasteiger partial charge < -0.3 is 10.0 Å². The van der Waals surface area contributed by atoms with E-state index in [1.807, 2.05) is 0 Å². The lowest BCUT2D eigenvalue weighted by molar-refractivity contribution is 0.233. The minimum absolute atomic E-state index is 0.128. The van der Waals surface area contributed by atoms with Gasteiger partial charge >= 0.3 is 0 Å². The van der Waals surface area contributed by atoms with Crippen LogP contribution in [0.15, 0.2) is 23.1 Å². The highest BCUT2D eigenvalue weighted by Crippen LogP contribution is 2.20. The number of aliphatic hydroxyl groups excluding tert-OH is 1. The fraction of sp³-hybridized carbons (Fsp3) is 0.571. The Kier molecular flexibility index (Phi) is 6.01. The number of rotatable bonds is 6. The van der Waals surface area contributed by atoms with E-state index in [0.717, 1.165) is 19.6 Å². The van der Waals surface area contributed by atoms with E-state index in [1.165, 1.54) is 37.5 Å². The van der Waals surface area contributed by atoms with E-state index in [1.54, 1.807) is 0 Å². The van der Waals surface area contributed by atoms with Crippen molar-refractivity contribution in [3.8, 4) is 0 Å². The summed E-state index contributed by atoms with van der Waals surface area (Å²) < 4.78 is 26.9. The molecular formula is C14H21ClN2O3S. The molecule has 1 heterocycles. The minimum atomic E-state index is -3.55. The summed E-state index contributed by atoms with van der Waals surface area (Å²) in [4.78, 5) is 2.40. The van der Waals surface area contributed by atoms with Gasteiger partial charge in [-0.1, -0.05) is 24.1 Å². The van der Waals surface area contributed by atoms with E-state index in [-0.39, 0.29) is 16.5 Å². The first-order chi connectivity index (χ1) is 10.0. The van der Waals surface area contributed by atoms with Gasteiger partial charge in [0.25, 0.3) is 0 Å². The van der Waals surface area contributed by atoms with Crippen molar-refractivity contribution in [1.82, 2.24) is 9.62 Å². The average Bonchev–Trinajstić information content (AvgIpc) is 2.48. The molecule has 0 radical (unpaired) electrons. The predicted molar refractivity (Wildman–Crippen MR) is 82.9 cm³/mol. The molecular weight excluding hydrogens is 312 g/mol. The van der Waals surface area contributed by atoms with Crippen molar-refractivity contribution < 1.29 is 13.5 Å². The Morgan fingerprint density at radius 3 is 2.57 bits per heavy atom. The van der Waals surface area contributed by atoms with Crippen LogP contribution in [0.1, 0.15) is 24.8 Å². The van der Waals surface area contributed by atoms with Crippen LogP contribution in [-0.2, 0) is 16.6 Å². The molecule has 1 aromatic carbocycles. The van der Waals surface area contributed by atoms with Crippen molar-refractivity contribution in [3.05, 3.63) is 28.8 Å². The molecule has 0 unspecified atom stereocenters. The molecule has 1 aliphatic rings. The highest BCUT2D eigenvalue weighted by molar-refractivity contribution is 7.89. The molecule has 1 fully saturated rings. The highest BCUT2D eigenvalue weighted by atomic mass is 35.5. The van der Waals surface area contributed by atoms with Crippen molar-refractivity contribution in [1.29, 1.82) is 0 Å². The van der Waals surface area contributed by atoms with E-state index in [0.29, 0.717) is 12.1 Å². The fourth-order valence-electron chi connectivity index (χ4n) is 2.43. The van der Waals surface area contributed by atoms with Gasteiger partial charge in [-0.25, -0.2) is 13.1 Å². The number of hydrogen-bond donors (Lipinski definition) is 2. The molecule has 1 aromatic rings. The summed E-state index contributed by atoms with van der Waals surface area (Å²) in [5.41, 5.74) is 0.518. The summed E-state index contributed by atoms with van der Waals surface area (Å²) in [6, 6.07) is 4.36. The van der Waals surface area contributed by atoms with E-state index in [4.69, 9.17) is 16.7 Å². The molecule has 7 heteroatoms. The number of benzene rings is 1. The molecule has 1 saturated heterocycles. The van der Waals surface area contributed by atoms with Gasteiger partial charge in [0.05, 0.1) is 11.5 Å². The van der Waals surface area contributed by atoms with Gasteiger partial charge in [-0.05, 0) is 43.6 Å². The molecule has 0 saturated carbocycles. The van der Waals surface area contributed by atoms with Gasteiger partial charge in [-0.3, -0.25) is 0 Å². The molecule has 0 spiro atoms. The van der Waals surface area contributed by atoms with Crippen molar-refractivity contribution in [3.63, 3.8) is 0 Å². The molecule has 118 valence electrons. The lowest BCUT2D eigenvalue weighted by Crippen LogP contribution is -2.37. The number of sulfonamides is 1. The van der Waals surface area contributed by atoms with Gasteiger partial charge in [-0.2, -0.15) is 0 Å². The molecule has 0 amide bonds. The van der Waals surface area contributed by atoms with Crippen molar-refractivity contribution >= 4 is 21.6 Å². The fourth-order valence-corrected chi connectivity index (χ4v) is 3.78. The third-order valence-corrected chi connectivity index (χ3v) is 5.48. The summed E-state index contributed by atoms with van der Waals surface area (Å²) in [7, 11) is -3.55. The zero-order chi connectivity index (χ0) is 15.3. The molecule has 2 rings (SSSR count). The largest absolute Gasteiger partial charge is 0.392 e. The number of halogens is 1. The summed E-state index contributed by atoms with van der Waals surface area (Å²) in [6.07, 6.45) is 3.63. The van der Waals surface area contributed by atoms with Crippen LogP contribution in [0.3, 0.4) is 0 Å². The molecule has 5 nitrogen and oxygen atoms in total. The second-order valence-electron chi connectivity index (χ2n) is 5.21. The zero-order valence-corrected chi connectivity index (χ0v) is 13.5. The Morgan fingerprint density at radius 1 is 1.24 bits per heavy atom. The highest BCUT2D eigenvalue weighted by Gasteiger charge is 2.16. The lowest BCUT2D eigenvalue weighted by Gasteiger charge is -2.26. The quantitative estimate of drug-likeness (QED) is 0.830. The number of nitrogens with one attached hydrogen (secondary N) is 1. The molecule has 21 heavy (non-hydrogen) atoms. The van der Waals surface area contributed by atoms with Crippen LogP contribution in [-0.4, -0.2) is 44.6 Å². The zero-order valence-electron chi connectivity index (χ0n) is 11.9. The van der Waals surface area contributed by atoms with Gasteiger partial charge in [0.15, 0.2) is 0 Å². The molecule has 0 atom stereocenters. The Labute approximate surface area is 131 Å². The Bertz CT molecular complexity index is 572. The van der Waals surface area contributed by atoms with E-state index in [2.05, 4.69) is 9.62 Å². The monoisotopic (exact) mass is 332 g/mol. The van der Waals surface area contributed by atoms with Gasteiger partial charge in [0, 0.05) is 18.1 Å². The van der Waals surface area contributed by atoms with Crippen LogP contribution < -0.4 is 4.72 Å². The van der Waals surface area contributed by atoms with Crippen LogP contribution >= 0.6 is 11.6 Å². The maximum atomic E-state index is 12.2. The normalized spacial score (nSPS) is 17.0. The van der Waals surface area contributed by atoms with Crippen LogP contribution in [0.4, 0.5) is 0 Å². The van der Waals surface area contributed by atoms with Gasteiger partial charge in [-0.15, -0.1) is 0 Å². The smallest absolute Gasteiger partial charge is 0.240 e. The summed E-state index contributed by atoms with van der Waals surface area (Å²) in [5.74, 6) is 0. The Balaban J connectivity index is 1.93. The van der Waals surface area contributed by atoms with Crippen molar-refractivity contribution in [2.24, 2.45) is 0 Å². The minimum Gasteiger partial charge on any atom is -0.392 e. The van der Waals surface area contributed by atoms with Gasteiger partial charge in [0.1, 0.15) is 0 Å². The topological polar surface area (TPSA) is 69.6 Å². The Hall–Kier alpha value is -0.660. The summed E-state index contributed by atoms with van der Waals surface area (Å²) in [5, 5.41) is 9.30. The number of hydrogen-bond acceptors (Lipinski definition) is 4. The molecule has 2 N–H and O–H groups in total. The van der Waals surface area contributed by atoms with Crippen LogP contribution in [0.25, 0.3) is 0 Å². The second kappa shape index (κ2) is 7.56. The first-order valence-electron chi connectivity index (χ1n) is 7.14. The second-order valence-corrected chi connectivity index (χ2v) is 7.39. The standard InChI is InChI=1S/C14H21ClN2O3S/c15-14-10-13(5-4-12(14)11-18)21(19,20)16-6-9-17-7-2-1-3-8-17/h4-5,10,16,18H,1-3,6-9,11H2. The maximum absolute atomic E-state index is 12.2. The average molecular weight is 333 g/mol. The molecule has 0 bridgehead atoms. The van der Waals surface area contributed by atoms with Crippen LogP contribution in [0.5, 0.6) is 0 Å². The summed E-state index contributed by atoms with van der Waals surface area (Å²) in [6.45, 7) is 2.99. The number of aliphatic hydroxyl groups is 1. The van der Waals surface area contributed by atoms with Crippen LogP contribution in [0, 0.1) is 0 Å². The first kappa shape index (κ1) is 16.7. The maximum Gasteiger partial charge on any atom is 0.240 e. The summed E-state index contributed by atoms with van der Waals surface area (Å²) >= 11 is 5.93. The molecule has 1 aliphatic heterocycles. The van der Waals surface area contributed by atoms with Crippen molar-refractivity contribution in [2.75, 3.05) is 26.2 Å². The van der Waals surface area contributed by atoms with E-state index >= 15 is 0 Å². The number of nitrogens with zero attached hydrogens (tertiary/aromatic N) is 1. The number of likely N-dealkylation sites (tertiary alicyclic amines) is 1. The third kappa shape index (κ3) is 4.66. The van der Waals surface area contributed by atoms with Crippen LogP contribution in [0.2, 0.25) is 5.02 Å². The lowest BCUT2D eigenvalue weighted by atomic mass is 10.1. The third-order valence-electron chi connectivity index (χ3n) is 3.67.